The molecule has 128 valence electrons. The van der Waals surface area contributed by atoms with Gasteiger partial charge < -0.3 is 15.1 Å². The predicted molar refractivity (Wildman–Crippen MR) is 84.1 cm³/mol. The van der Waals surface area contributed by atoms with Crippen molar-refractivity contribution in [2.45, 2.75) is 31.8 Å². The summed E-state index contributed by atoms with van der Waals surface area (Å²) in [4.78, 5) is 39.8. The lowest BCUT2D eigenvalue weighted by Gasteiger charge is -2.43. The van der Waals surface area contributed by atoms with Gasteiger partial charge in [0.1, 0.15) is 0 Å². The molecule has 0 saturated carbocycles. The van der Waals surface area contributed by atoms with Gasteiger partial charge in [-0.2, -0.15) is 5.10 Å². The Morgan fingerprint density at radius 3 is 2.79 bits per heavy atom. The molecule has 24 heavy (non-hydrogen) atoms. The van der Waals surface area contributed by atoms with E-state index in [2.05, 4.69) is 10.4 Å². The second-order valence-electron chi connectivity index (χ2n) is 6.77. The third-order valence-corrected chi connectivity index (χ3v) is 5.25. The van der Waals surface area contributed by atoms with Gasteiger partial charge in [-0.3, -0.25) is 19.1 Å². The molecule has 4 rings (SSSR count). The number of aromatic nitrogens is 2. The van der Waals surface area contributed by atoms with Gasteiger partial charge in [0.25, 0.3) is 5.91 Å². The Morgan fingerprint density at radius 2 is 2.08 bits per heavy atom. The van der Waals surface area contributed by atoms with Crippen molar-refractivity contribution < 1.29 is 14.4 Å². The van der Waals surface area contributed by atoms with Crippen molar-refractivity contribution in [3.8, 4) is 0 Å². The maximum atomic E-state index is 12.5. The van der Waals surface area contributed by atoms with E-state index < -0.39 is 0 Å². The van der Waals surface area contributed by atoms with Crippen LogP contribution in [0.3, 0.4) is 0 Å². The van der Waals surface area contributed by atoms with Gasteiger partial charge in [0.2, 0.25) is 11.8 Å². The summed E-state index contributed by atoms with van der Waals surface area (Å²) in [7, 11) is 1.58. The van der Waals surface area contributed by atoms with Crippen LogP contribution in [0.2, 0.25) is 0 Å². The minimum absolute atomic E-state index is 0.00154. The number of nitrogens with one attached hydrogen (secondary N) is 1. The average Bonchev–Trinajstić information content (AvgIpc) is 3.19. The summed E-state index contributed by atoms with van der Waals surface area (Å²) < 4.78 is 1.91. The van der Waals surface area contributed by atoms with Crippen molar-refractivity contribution in [2.75, 3.05) is 26.7 Å². The molecule has 3 aliphatic rings. The molecule has 0 aromatic carbocycles. The van der Waals surface area contributed by atoms with Gasteiger partial charge in [0.05, 0.1) is 12.0 Å². The zero-order valence-corrected chi connectivity index (χ0v) is 13.7. The molecule has 1 N–H and O–H groups in total. The van der Waals surface area contributed by atoms with E-state index in [1.54, 1.807) is 16.8 Å². The van der Waals surface area contributed by atoms with Crippen LogP contribution >= 0.6 is 0 Å². The van der Waals surface area contributed by atoms with Crippen molar-refractivity contribution in [3.63, 3.8) is 0 Å². The number of rotatable bonds is 3. The third kappa shape index (κ3) is 2.37. The normalized spacial score (nSPS) is 23.4. The number of nitrogens with zero attached hydrogens (tertiary/aromatic N) is 4. The lowest BCUT2D eigenvalue weighted by Crippen LogP contribution is -2.61. The number of carbonyl (C=O) groups excluding carboxylic acids is 3. The van der Waals surface area contributed by atoms with Gasteiger partial charge in [-0.1, -0.05) is 0 Å². The number of carbonyl (C=O) groups is 3. The van der Waals surface area contributed by atoms with Gasteiger partial charge in [-0.25, -0.2) is 0 Å². The van der Waals surface area contributed by atoms with Crippen LogP contribution in [-0.2, 0) is 22.6 Å². The van der Waals surface area contributed by atoms with E-state index in [1.165, 1.54) is 0 Å². The molecule has 0 aliphatic carbocycles. The monoisotopic (exact) mass is 331 g/mol. The average molecular weight is 331 g/mol. The number of amides is 3. The first-order valence-electron chi connectivity index (χ1n) is 8.44. The lowest BCUT2D eigenvalue weighted by atomic mass is 10.1. The molecule has 1 aromatic rings. The quantitative estimate of drug-likeness (QED) is 0.789. The minimum atomic E-state index is -0.275. The molecule has 3 amide bonds. The summed E-state index contributed by atoms with van der Waals surface area (Å²) >= 11 is 0. The van der Waals surface area contributed by atoms with E-state index in [0.29, 0.717) is 25.3 Å². The minimum Gasteiger partial charge on any atom is -0.359 e. The van der Waals surface area contributed by atoms with E-state index in [9.17, 15) is 14.4 Å². The molecule has 1 unspecified atom stereocenters. The Balaban J connectivity index is 1.35. The zero-order chi connectivity index (χ0) is 16.8. The SMILES string of the molecule is CNC(=O)C1CC(=O)N(C2CN(C(=O)c3cc4n(n3)CCC4)C2)C1. The molecule has 3 aliphatic heterocycles. The fourth-order valence-electron chi connectivity index (χ4n) is 3.81. The first-order valence-corrected chi connectivity index (χ1v) is 8.44. The fourth-order valence-corrected chi connectivity index (χ4v) is 3.81. The molecule has 2 fully saturated rings. The highest BCUT2D eigenvalue weighted by atomic mass is 16.2. The van der Waals surface area contributed by atoms with Crippen LogP contribution < -0.4 is 5.32 Å². The summed E-state index contributed by atoms with van der Waals surface area (Å²) in [6, 6.07) is 1.90. The van der Waals surface area contributed by atoms with E-state index in [-0.39, 0.29) is 36.1 Å². The standard InChI is InChI=1S/C16H21N5O3/c1-17-15(23)10-5-14(22)20(7-10)12-8-19(9-12)16(24)13-6-11-3-2-4-21(11)18-13/h6,10,12H,2-5,7-9H2,1H3,(H,17,23). The van der Waals surface area contributed by atoms with Crippen LogP contribution in [-0.4, -0.2) is 70.0 Å². The van der Waals surface area contributed by atoms with Crippen molar-refractivity contribution in [2.24, 2.45) is 5.92 Å². The first-order chi connectivity index (χ1) is 11.6. The Labute approximate surface area is 139 Å². The Kier molecular flexibility index (Phi) is 3.54. The van der Waals surface area contributed by atoms with Gasteiger partial charge >= 0.3 is 0 Å². The maximum Gasteiger partial charge on any atom is 0.274 e. The van der Waals surface area contributed by atoms with Gasteiger partial charge in [0, 0.05) is 45.3 Å². The fraction of sp³-hybridized carbons (Fsp3) is 0.625. The highest BCUT2D eigenvalue weighted by Gasteiger charge is 2.43. The summed E-state index contributed by atoms with van der Waals surface area (Å²) in [5, 5.41) is 6.97. The molecule has 2 saturated heterocycles. The van der Waals surface area contributed by atoms with Crippen LogP contribution in [0.25, 0.3) is 0 Å². The third-order valence-electron chi connectivity index (χ3n) is 5.25. The summed E-state index contributed by atoms with van der Waals surface area (Å²) in [6.07, 6.45) is 2.33. The second kappa shape index (κ2) is 5.61. The molecule has 1 atom stereocenters. The first kappa shape index (κ1) is 15.2. The Hall–Kier alpha value is -2.38. The molecular weight excluding hydrogens is 310 g/mol. The molecule has 0 spiro atoms. The number of hydrogen-bond donors (Lipinski definition) is 1. The molecule has 0 bridgehead atoms. The van der Waals surface area contributed by atoms with Crippen LogP contribution in [0.15, 0.2) is 6.07 Å². The maximum absolute atomic E-state index is 12.5. The van der Waals surface area contributed by atoms with Crippen LogP contribution in [0.1, 0.15) is 29.0 Å². The van der Waals surface area contributed by atoms with Gasteiger partial charge in [-0.15, -0.1) is 0 Å². The van der Waals surface area contributed by atoms with Crippen molar-refractivity contribution in [1.29, 1.82) is 0 Å². The zero-order valence-electron chi connectivity index (χ0n) is 13.7. The molecular formula is C16H21N5O3. The molecule has 4 heterocycles. The number of aryl methyl sites for hydroxylation is 2. The van der Waals surface area contributed by atoms with Crippen molar-refractivity contribution in [3.05, 3.63) is 17.5 Å². The molecule has 0 radical (unpaired) electrons. The Bertz CT molecular complexity index is 685. The lowest BCUT2D eigenvalue weighted by molar-refractivity contribution is -0.132. The van der Waals surface area contributed by atoms with Gasteiger partial charge in [-0.05, 0) is 18.9 Å². The van der Waals surface area contributed by atoms with E-state index in [0.717, 1.165) is 25.1 Å². The summed E-state index contributed by atoms with van der Waals surface area (Å²) in [5.74, 6) is -0.432. The predicted octanol–water partition coefficient (Wildman–Crippen LogP) is -0.752. The van der Waals surface area contributed by atoms with Crippen LogP contribution in [0.5, 0.6) is 0 Å². The largest absolute Gasteiger partial charge is 0.359 e. The topological polar surface area (TPSA) is 87.5 Å². The van der Waals surface area contributed by atoms with Gasteiger partial charge in [0.15, 0.2) is 5.69 Å². The smallest absolute Gasteiger partial charge is 0.274 e. The van der Waals surface area contributed by atoms with Crippen LogP contribution in [0.4, 0.5) is 0 Å². The highest BCUT2D eigenvalue weighted by Crippen LogP contribution is 2.26. The van der Waals surface area contributed by atoms with Crippen molar-refractivity contribution in [1.82, 2.24) is 24.9 Å². The van der Waals surface area contributed by atoms with E-state index >= 15 is 0 Å². The molecule has 1 aromatic heterocycles. The number of fused-ring (bicyclic) bond motifs is 1. The van der Waals surface area contributed by atoms with E-state index in [1.807, 2.05) is 10.7 Å². The number of hydrogen-bond acceptors (Lipinski definition) is 4. The molecule has 8 heteroatoms. The molecule has 8 nitrogen and oxygen atoms in total. The summed E-state index contributed by atoms with van der Waals surface area (Å²) in [6.45, 7) is 2.37. The van der Waals surface area contributed by atoms with Crippen LogP contribution in [0, 0.1) is 5.92 Å². The summed E-state index contributed by atoms with van der Waals surface area (Å²) in [5.41, 5.74) is 1.62. The second-order valence-corrected chi connectivity index (χ2v) is 6.77. The number of likely N-dealkylation sites (tertiary alicyclic amines) is 2. The van der Waals surface area contributed by atoms with Crippen molar-refractivity contribution >= 4 is 17.7 Å². The highest BCUT2D eigenvalue weighted by molar-refractivity contribution is 5.93. The Morgan fingerprint density at radius 1 is 1.29 bits per heavy atom. The van der Waals surface area contributed by atoms with E-state index in [4.69, 9.17) is 0 Å².